The molecule has 0 saturated heterocycles. The Kier molecular flexibility index (Phi) is 3.94. The summed E-state index contributed by atoms with van der Waals surface area (Å²) in [7, 11) is -8.79. The quantitative estimate of drug-likeness (QED) is 0.649. The first-order chi connectivity index (χ1) is 9.79. The van der Waals surface area contributed by atoms with Crippen LogP contribution in [0.4, 0.5) is 0 Å². The molecule has 2 rings (SSSR count). The largest absolute Gasteiger partial charge is 0.299 e. The molecule has 0 aromatic heterocycles. The van der Waals surface area contributed by atoms with E-state index in [9.17, 15) is 26.4 Å². The molecule has 8 nitrogen and oxygen atoms in total. The minimum Gasteiger partial charge on any atom is -0.299 e. The van der Waals surface area contributed by atoms with Crippen LogP contribution < -0.4 is 4.72 Å². The number of hydrogen-bond donors (Lipinski definition) is 2. The van der Waals surface area contributed by atoms with Gasteiger partial charge in [0, 0.05) is 6.42 Å². The van der Waals surface area contributed by atoms with E-state index in [-0.39, 0.29) is 11.7 Å². The van der Waals surface area contributed by atoms with Crippen molar-refractivity contribution >= 4 is 31.8 Å². The van der Waals surface area contributed by atoms with E-state index in [0.717, 1.165) is 6.42 Å². The number of fused-ring (bicyclic) bond motifs is 2. The van der Waals surface area contributed by atoms with Crippen LogP contribution in [0.25, 0.3) is 0 Å². The predicted octanol–water partition coefficient (Wildman–Crippen LogP) is -0.284. The van der Waals surface area contributed by atoms with Crippen LogP contribution >= 0.6 is 0 Å². The van der Waals surface area contributed by atoms with Gasteiger partial charge in [-0.05, 0) is 24.2 Å². The predicted molar refractivity (Wildman–Crippen MR) is 76.9 cm³/mol. The molecule has 2 saturated carbocycles. The van der Waals surface area contributed by atoms with E-state index in [1.807, 2.05) is 13.8 Å². The summed E-state index contributed by atoms with van der Waals surface area (Å²) < 4.78 is 55.7. The van der Waals surface area contributed by atoms with Crippen molar-refractivity contribution < 1.29 is 31.0 Å². The highest BCUT2D eigenvalue weighted by atomic mass is 32.2. The summed E-state index contributed by atoms with van der Waals surface area (Å²) >= 11 is 0. The molecule has 0 aromatic carbocycles. The summed E-state index contributed by atoms with van der Waals surface area (Å²) in [6.07, 6.45) is 1.53. The second-order valence-electron chi connectivity index (χ2n) is 6.68. The lowest BCUT2D eigenvalue weighted by molar-refractivity contribution is -0.128. The highest BCUT2D eigenvalue weighted by Crippen LogP contribution is 2.64. The Bertz CT molecular complexity index is 723. The molecule has 2 aliphatic carbocycles. The maximum atomic E-state index is 12.3. The van der Waals surface area contributed by atoms with Gasteiger partial charge in [-0.2, -0.15) is 8.42 Å². The van der Waals surface area contributed by atoms with Gasteiger partial charge >= 0.3 is 0 Å². The van der Waals surface area contributed by atoms with Crippen molar-refractivity contribution in [3.05, 3.63) is 0 Å². The second kappa shape index (κ2) is 5.00. The van der Waals surface area contributed by atoms with E-state index in [1.54, 1.807) is 4.72 Å². The van der Waals surface area contributed by atoms with E-state index in [2.05, 4.69) is 0 Å². The van der Waals surface area contributed by atoms with Gasteiger partial charge < -0.3 is 0 Å². The topological polar surface area (TPSA) is 135 Å². The van der Waals surface area contributed by atoms with Crippen molar-refractivity contribution in [3.63, 3.8) is 0 Å². The maximum absolute atomic E-state index is 12.3. The normalized spacial score (nSPS) is 30.5. The molecule has 0 radical (unpaired) electrons. The van der Waals surface area contributed by atoms with Gasteiger partial charge in [0.25, 0.3) is 16.0 Å². The van der Waals surface area contributed by atoms with E-state index < -0.39 is 48.4 Å². The minimum atomic E-state index is -4.61. The SMILES string of the molecule is CC1(C)C2CCC1(CS(=O)(=O)NC(=O)CS(=O)(=O)O)C(=O)C2. The molecule has 2 bridgehead atoms. The summed E-state index contributed by atoms with van der Waals surface area (Å²) in [5, 5.41) is 0. The molecule has 22 heavy (non-hydrogen) atoms. The zero-order valence-electron chi connectivity index (χ0n) is 12.3. The third-order valence-corrected chi connectivity index (χ3v) is 7.20. The van der Waals surface area contributed by atoms with Gasteiger partial charge in [-0.3, -0.25) is 18.9 Å². The molecule has 2 unspecified atom stereocenters. The van der Waals surface area contributed by atoms with Gasteiger partial charge in [-0.25, -0.2) is 8.42 Å². The average Bonchev–Trinajstić information content (AvgIpc) is 2.58. The summed E-state index contributed by atoms with van der Waals surface area (Å²) in [6.45, 7) is 3.70. The van der Waals surface area contributed by atoms with E-state index in [1.165, 1.54) is 0 Å². The molecular formula is C12H19NO7S2. The maximum Gasteiger partial charge on any atom is 0.274 e. The zero-order valence-corrected chi connectivity index (χ0v) is 14.0. The first-order valence-corrected chi connectivity index (χ1v) is 10.1. The highest BCUT2D eigenvalue weighted by Gasteiger charge is 2.65. The van der Waals surface area contributed by atoms with Crippen molar-refractivity contribution in [1.29, 1.82) is 0 Å². The zero-order chi connectivity index (χ0) is 17.0. The van der Waals surface area contributed by atoms with Crippen LogP contribution in [0.2, 0.25) is 0 Å². The fourth-order valence-electron chi connectivity index (χ4n) is 3.84. The Morgan fingerprint density at radius 2 is 1.91 bits per heavy atom. The van der Waals surface area contributed by atoms with Gasteiger partial charge in [0.2, 0.25) is 10.0 Å². The molecule has 2 aliphatic rings. The molecule has 0 heterocycles. The van der Waals surface area contributed by atoms with Crippen LogP contribution in [-0.4, -0.2) is 44.6 Å². The van der Waals surface area contributed by atoms with Crippen LogP contribution in [0, 0.1) is 16.7 Å². The first-order valence-electron chi connectivity index (χ1n) is 6.81. The van der Waals surface area contributed by atoms with Crippen LogP contribution in [0.5, 0.6) is 0 Å². The van der Waals surface area contributed by atoms with Crippen LogP contribution in [-0.2, 0) is 29.7 Å². The molecule has 0 spiro atoms. The van der Waals surface area contributed by atoms with E-state index >= 15 is 0 Å². The van der Waals surface area contributed by atoms with Crippen molar-refractivity contribution in [2.24, 2.45) is 16.7 Å². The van der Waals surface area contributed by atoms with Crippen LogP contribution in [0.15, 0.2) is 0 Å². The van der Waals surface area contributed by atoms with Gasteiger partial charge in [-0.15, -0.1) is 0 Å². The summed E-state index contributed by atoms with van der Waals surface area (Å²) in [4.78, 5) is 23.6. The van der Waals surface area contributed by atoms with Crippen LogP contribution in [0.3, 0.4) is 0 Å². The molecule has 2 atom stereocenters. The van der Waals surface area contributed by atoms with Crippen molar-refractivity contribution in [2.75, 3.05) is 11.5 Å². The second-order valence-corrected chi connectivity index (χ2v) is 9.85. The third-order valence-electron chi connectivity index (χ3n) is 5.16. The Hall–Kier alpha value is -1.00. The molecular weight excluding hydrogens is 334 g/mol. The number of ketones is 1. The first kappa shape index (κ1) is 17.4. The molecule has 2 N–H and O–H groups in total. The molecule has 0 aliphatic heterocycles. The number of hydrogen-bond acceptors (Lipinski definition) is 6. The lowest BCUT2D eigenvalue weighted by Crippen LogP contribution is -2.47. The van der Waals surface area contributed by atoms with Crippen molar-refractivity contribution in [2.45, 2.75) is 33.1 Å². The van der Waals surface area contributed by atoms with Gasteiger partial charge in [-0.1, -0.05) is 13.8 Å². The van der Waals surface area contributed by atoms with Gasteiger partial charge in [0.15, 0.2) is 5.75 Å². The number of rotatable bonds is 5. The Morgan fingerprint density at radius 1 is 1.32 bits per heavy atom. The Labute approximate surface area is 129 Å². The molecule has 126 valence electrons. The number of sulfonamides is 1. The van der Waals surface area contributed by atoms with Gasteiger partial charge in [0.1, 0.15) is 5.78 Å². The number of carbonyl (C=O) groups is 2. The number of nitrogens with one attached hydrogen (secondary N) is 1. The number of Topliss-reactive ketones (excluding diaryl/α,β-unsaturated/α-hetero) is 1. The van der Waals surface area contributed by atoms with Crippen LogP contribution in [0.1, 0.15) is 33.1 Å². The smallest absolute Gasteiger partial charge is 0.274 e. The minimum absolute atomic E-state index is 0.124. The Balaban J connectivity index is 2.19. The molecule has 10 heteroatoms. The number of carbonyl (C=O) groups excluding carboxylic acids is 2. The van der Waals surface area contributed by atoms with Crippen molar-refractivity contribution in [3.8, 4) is 0 Å². The fourth-order valence-corrected chi connectivity index (χ4v) is 6.15. The summed E-state index contributed by atoms with van der Waals surface area (Å²) in [5.41, 5.74) is -1.52. The fraction of sp³-hybridized carbons (Fsp3) is 0.833. The van der Waals surface area contributed by atoms with E-state index in [4.69, 9.17) is 4.55 Å². The number of amides is 1. The van der Waals surface area contributed by atoms with Crippen molar-refractivity contribution in [1.82, 2.24) is 4.72 Å². The molecule has 2 fully saturated rings. The van der Waals surface area contributed by atoms with E-state index in [0.29, 0.717) is 12.8 Å². The summed E-state index contributed by atoms with van der Waals surface area (Å²) in [6, 6.07) is 0. The standard InChI is InChI=1S/C12H19NO7S2/c1-11(2)8-3-4-12(11,9(14)5-8)7-21(16,17)13-10(15)6-22(18,19)20/h8H,3-7H2,1-2H3,(H,13,15)(H,18,19,20). The van der Waals surface area contributed by atoms with Gasteiger partial charge in [0.05, 0.1) is 11.2 Å². The highest BCUT2D eigenvalue weighted by molar-refractivity contribution is 7.90. The summed E-state index contributed by atoms with van der Waals surface area (Å²) in [5.74, 6) is -3.21. The molecule has 1 amide bonds. The lowest BCUT2D eigenvalue weighted by atomic mass is 9.70. The lowest BCUT2D eigenvalue weighted by Gasteiger charge is -2.35. The Morgan fingerprint density at radius 3 is 2.32 bits per heavy atom. The monoisotopic (exact) mass is 353 g/mol. The third kappa shape index (κ3) is 2.91. The average molecular weight is 353 g/mol. The molecule has 0 aromatic rings.